The molecule has 0 spiro atoms. The predicted molar refractivity (Wildman–Crippen MR) is 113 cm³/mol. The molecule has 0 aliphatic rings. The lowest BCUT2D eigenvalue weighted by molar-refractivity contribution is -0.384. The summed E-state index contributed by atoms with van der Waals surface area (Å²) in [5.74, 6) is -1.68. The molecule has 31 heavy (non-hydrogen) atoms. The fourth-order valence-electron chi connectivity index (χ4n) is 2.83. The highest BCUT2D eigenvalue weighted by Crippen LogP contribution is 2.18. The van der Waals surface area contributed by atoms with Gasteiger partial charge in [-0.05, 0) is 17.7 Å². The predicted octanol–water partition coefficient (Wildman–Crippen LogP) is 3.82. The second kappa shape index (κ2) is 9.93. The smallest absolute Gasteiger partial charge is 0.340 e. The first-order valence-electron chi connectivity index (χ1n) is 9.31. The highest BCUT2D eigenvalue weighted by atomic mass is 16.6. The number of non-ortho nitro benzene ring substituents is 1. The number of ketones is 1. The van der Waals surface area contributed by atoms with Gasteiger partial charge >= 0.3 is 5.97 Å². The first-order valence-corrected chi connectivity index (χ1v) is 9.31. The van der Waals surface area contributed by atoms with Crippen LogP contribution in [0, 0.1) is 10.1 Å². The summed E-state index contributed by atoms with van der Waals surface area (Å²) in [6, 6.07) is 20.6. The van der Waals surface area contributed by atoms with E-state index in [4.69, 9.17) is 4.74 Å². The molecule has 1 N–H and O–H groups in total. The van der Waals surface area contributed by atoms with Crippen molar-refractivity contribution in [1.82, 2.24) is 0 Å². The van der Waals surface area contributed by atoms with Gasteiger partial charge in [0, 0.05) is 17.7 Å². The van der Waals surface area contributed by atoms with Crippen molar-refractivity contribution in [2.75, 3.05) is 11.9 Å². The van der Waals surface area contributed by atoms with Gasteiger partial charge in [-0.3, -0.25) is 19.7 Å². The Kier molecular flexibility index (Phi) is 6.85. The Morgan fingerprint density at radius 2 is 1.61 bits per heavy atom. The number of hydrogen-bond acceptors (Lipinski definition) is 6. The van der Waals surface area contributed by atoms with Gasteiger partial charge in [0.1, 0.15) is 0 Å². The Hall–Kier alpha value is -4.33. The first-order chi connectivity index (χ1) is 14.9. The highest BCUT2D eigenvalue weighted by Gasteiger charge is 2.18. The summed E-state index contributed by atoms with van der Waals surface area (Å²) in [7, 11) is 0. The molecule has 0 bridgehead atoms. The van der Waals surface area contributed by atoms with Gasteiger partial charge in [0.25, 0.3) is 5.69 Å². The molecule has 0 fully saturated rings. The van der Waals surface area contributed by atoms with Gasteiger partial charge < -0.3 is 10.1 Å². The Morgan fingerprint density at radius 3 is 2.35 bits per heavy atom. The van der Waals surface area contributed by atoms with E-state index >= 15 is 0 Å². The van der Waals surface area contributed by atoms with Crippen LogP contribution in [0.2, 0.25) is 0 Å². The van der Waals surface area contributed by atoms with Crippen molar-refractivity contribution in [3.05, 3.63) is 106 Å². The van der Waals surface area contributed by atoms with Crippen LogP contribution in [0.5, 0.6) is 0 Å². The zero-order valence-electron chi connectivity index (χ0n) is 16.3. The number of nitrogens with one attached hydrogen (secondary N) is 1. The number of esters is 1. The average molecular weight is 418 g/mol. The molecule has 0 saturated heterocycles. The molecule has 0 radical (unpaired) electrons. The molecular weight excluding hydrogens is 400 g/mol. The standard InChI is InChI=1S/C23H18N2O6/c26-21(17-9-6-10-18(14-17)25(29)30)15-31-23(28)19-11-4-5-12-20(19)24-22(27)13-16-7-2-1-3-8-16/h1-12,14H,13,15H2,(H,24,27). The molecular formula is C23H18N2O6. The van der Waals surface area contributed by atoms with Crippen molar-refractivity contribution in [3.8, 4) is 0 Å². The van der Waals surface area contributed by atoms with Crippen molar-refractivity contribution in [2.24, 2.45) is 0 Å². The summed E-state index contributed by atoms with van der Waals surface area (Å²) in [5, 5.41) is 13.5. The molecule has 1 amide bonds. The number of nitro benzene ring substituents is 1. The minimum absolute atomic E-state index is 0.0615. The van der Waals surface area contributed by atoms with Gasteiger partial charge in [-0.15, -0.1) is 0 Å². The quantitative estimate of drug-likeness (QED) is 0.257. The molecule has 8 heteroatoms. The van der Waals surface area contributed by atoms with E-state index in [1.165, 1.54) is 24.3 Å². The molecule has 0 aliphatic heterocycles. The Balaban J connectivity index is 1.64. The van der Waals surface area contributed by atoms with Gasteiger partial charge in [-0.1, -0.05) is 54.6 Å². The van der Waals surface area contributed by atoms with Crippen LogP contribution < -0.4 is 5.32 Å². The number of anilines is 1. The summed E-state index contributed by atoms with van der Waals surface area (Å²) >= 11 is 0. The summed E-state index contributed by atoms with van der Waals surface area (Å²) < 4.78 is 5.08. The maximum absolute atomic E-state index is 12.5. The van der Waals surface area contributed by atoms with Crippen LogP contribution in [0.4, 0.5) is 11.4 Å². The van der Waals surface area contributed by atoms with Crippen molar-refractivity contribution in [1.29, 1.82) is 0 Å². The van der Waals surface area contributed by atoms with Crippen LogP contribution in [0.15, 0.2) is 78.9 Å². The summed E-state index contributed by atoms with van der Waals surface area (Å²) in [5.41, 5.74) is 1.00. The molecule has 0 atom stereocenters. The van der Waals surface area contributed by atoms with E-state index < -0.39 is 23.3 Å². The summed E-state index contributed by atoms with van der Waals surface area (Å²) in [6.45, 7) is -0.591. The molecule has 3 aromatic rings. The third kappa shape index (κ3) is 5.83. The van der Waals surface area contributed by atoms with Crippen LogP contribution in [-0.4, -0.2) is 29.2 Å². The fourth-order valence-corrected chi connectivity index (χ4v) is 2.83. The van der Waals surface area contributed by atoms with E-state index in [0.29, 0.717) is 0 Å². The van der Waals surface area contributed by atoms with Gasteiger partial charge in [0.05, 0.1) is 22.6 Å². The number of nitro groups is 1. The van der Waals surface area contributed by atoms with Gasteiger partial charge in [0.2, 0.25) is 11.7 Å². The zero-order valence-corrected chi connectivity index (χ0v) is 16.3. The minimum atomic E-state index is -0.797. The van der Waals surface area contributed by atoms with E-state index in [-0.39, 0.29) is 34.8 Å². The number of hydrogen-bond donors (Lipinski definition) is 1. The van der Waals surface area contributed by atoms with Crippen LogP contribution >= 0.6 is 0 Å². The van der Waals surface area contributed by atoms with Crippen LogP contribution in [0.25, 0.3) is 0 Å². The van der Waals surface area contributed by atoms with Gasteiger partial charge in [-0.25, -0.2) is 4.79 Å². The minimum Gasteiger partial charge on any atom is -0.454 e. The number of carbonyl (C=O) groups excluding carboxylic acids is 3. The third-order valence-electron chi connectivity index (χ3n) is 4.34. The Morgan fingerprint density at radius 1 is 0.903 bits per heavy atom. The van der Waals surface area contributed by atoms with E-state index in [9.17, 15) is 24.5 Å². The van der Waals surface area contributed by atoms with Crippen molar-refractivity contribution in [2.45, 2.75) is 6.42 Å². The fraction of sp³-hybridized carbons (Fsp3) is 0.0870. The van der Waals surface area contributed by atoms with E-state index in [1.54, 1.807) is 18.2 Å². The molecule has 0 saturated carbocycles. The SMILES string of the molecule is O=C(Cc1ccccc1)Nc1ccccc1C(=O)OCC(=O)c1cccc([N+](=O)[O-])c1. The zero-order chi connectivity index (χ0) is 22.2. The second-order valence-corrected chi connectivity index (χ2v) is 6.56. The lowest BCUT2D eigenvalue weighted by Gasteiger charge is -2.11. The number of Topliss-reactive ketones (excluding diaryl/α,β-unsaturated/α-hetero) is 1. The topological polar surface area (TPSA) is 116 Å². The van der Waals surface area contributed by atoms with E-state index in [0.717, 1.165) is 11.6 Å². The van der Waals surface area contributed by atoms with Crippen LogP contribution in [-0.2, 0) is 16.0 Å². The molecule has 0 heterocycles. The number of benzene rings is 3. The van der Waals surface area contributed by atoms with Gasteiger partial charge in [0.15, 0.2) is 6.61 Å². The second-order valence-electron chi connectivity index (χ2n) is 6.56. The number of rotatable bonds is 8. The van der Waals surface area contributed by atoms with Crippen molar-refractivity contribution >= 4 is 29.0 Å². The molecule has 3 aromatic carbocycles. The first kappa shape index (κ1) is 21.4. The summed E-state index contributed by atoms with van der Waals surface area (Å²) in [4.78, 5) is 47.3. The maximum atomic E-state index is 12.5. The lowest BCUT2D eigenvalue weighted by Crippen LogP contribution is -2.19. The van der Waals surface area contributed by atoms with Crippen molar-refractivity contribution < 1.29 is 24.0 Å². The van der Waals surface area contributed by atoms with E-state index in [2.05, 4.69) is 5.32 Å². The average Bonchev–Trinajstić information content (AvgIpc) is 2.78. The van der Waals surface area contributed by atoms with Crippen LogP contribution in [0.3, 0.4) is 0 Å². The number of ether oxygens (including phenoxy) is 1. The largest absolute Gasteiger partial charge is 0.454 e. The molecule has 0 aromatic heterocycles. The Labute approximate surface area is 177 Å². The number of nitrogens with zero attached hydrogens (tertiary/aromatic N) is 1. The third-order valence-corrected chi connectivity index (χ3v) is 4.34. The number of carbonyl (C=O) groups is 3. The monoisotopic (exact) mass is 418 g/mol. The molecule has 3 rings (SSSR count). The Bertz CT molecular complexity index is 1130. The maximum Gasteiger partial charge on any atom is 0.340 e. The summed E-state index contributed by atoms with van der Waals surface area (Å²) in [6.07, 6.45) is 0.134. The number of para-hydroxylation sites is 1. The normalized spacial score (nSPS) is 10.2. The molecule has 156 valence electrons. The van der Waals surface area contributed by atoms with Crippen molar-refractivity contribution in [3.63, 3.8) is 0 Å². The highest BCUT2D eigenvalue weighted by molar-refractivity contribution is 6.03. The lowest BCUT2D eigenvalue weighted by atomic mass is 10.1. The van der Waals surface area contributed by atoms with E-state index in [1.807, 2.05) is 30.3 Å². The van der Waals surface area contributed by atoms with Crippen LogP contribution in [0.1, 0.15) is 26.3 Å². The van der Waals surface area contributed by atoms with Gasteiger partial charge in [-0.2, -0.15) is 0 Å². The molecule has 0 unspecified atom stereocenters. The number of amides is 1. The molecule has 8 nitrogen and oxygen atoms in total. The molecule has 0 aliphatic carbocycles.